The molecule has 0 atom stereocenters. The number of benzene rings is 2. The van der Waals surface area contributed by atoms with Crippen LogP contribution >= 0.6 is 23.2 Å². The van der Waals surface area contributed by atoms with E-state index in [1.54, 1.807) is 6.92 Å². The maximum Gasteiger partial charge on any atom is 0.421 e. The molecule has 2 amide bonds. The highest BCUT2D eigenvalue weighted by Gasteiger charge is 2.36. The molecule has 6 N–H and O–H groups in total. The van der Waals surface area contributed by atoms with Gasteiger partial charge in [-0.15, -0.1) is 10.2 Å². The first kappa shape index (κ1) is 43.4. The number of methoxy groups -OCH3 is 2. The van der Waals surface area contributed by atoms with Crippen LogP contribution in [0.3, 0.4) is 0 Å². The molecule has 0 aliphatic rings. The van der Waals surface area contributed by atoms with Crippen molar-refractivity contribution in [3.05, 3.63) is 69.3 Å². The Morgan fingerprint density at radius 1 is 0.737 bits per heavy atom. The van der Waals surface area contributed by atoms with Crippen molar-refractivity contribution >= 4 is 69.9 Å². The van der Waals surface area contributed by atoms with E-state index in [0.717, 1.165) is 0 Å². The predicted octanol–water partition coefficient (Wildman–Crippen LogP) is 7.02. The highest BCUT2D eigenvalue weighted by atomic mass is 35.5. The molecule has 17 nitrogen and oxygen atoms in total. The molecule has 3 heterocycles. The third-order valence-corrected chi connectivity index (χ3v) is 7.71. The number of rotatable bonds is 10. The molecule has 5 aromatic rings. The Kier molecular flexibility index (Phi) is 13.7. The summed E-state index contributed by atoms with van der Waals surface area (Å²) in [4.78, 5) is 38.0. The summed E-state index contributed by atoms with van der Waals surface area (Å²) in [5, 5.41) is 18.1. The Morgan fingerprint density at radius 3 is 1.65 bits per heavy atom. The van der Waals surface area contributed by atoms with Crippen LogP contribution in [0.2, 0.25) is 10.0 Å². The standard InChI is InChI=1S/C16H16ClF3N6O3.C16H14ClF3N6O2/c1-7(27)25-26-14(28)8-4-10(17)11(5-12(8)29-3)23-15-22-6-9(16(18,19)20)13(21-2)24-15;1-7-25-26-14(28-7)8-4-10(17)11(5-12(8)27-3)23-15-22-6-9(16(18,19)20)13(21-2)24-15/h4-6H,1-3H3,(H,25,27)(H,26,28)(H2,21,22,23,24);4-6H,1-3H3,(H2,21,22,23,24). The van der Waals surface area contributed by atoms with E-state index >= 15 is 0 Å². The van der Waals surface area contributed by atoms with Crippen LogP contribution in [0.5, 0.6) is 11.5 Å². The van der Waals surface area contributed by atoms with Gasteiger partial charge in [0.2, 0.25) is 23.7 Å². The zero-order valence-corrected chi connectivity index (χ0v) is 31.7. The molecular weight excluding hydrogens is 817 g/mol. The van der Waals surface area contributed by atoms with E-state index in [1.807, 2.05) is 0 Å². The lowest BCUT2D eigenvalue weighted by Crippen LogP contribution is -2.40. The first-order chi connectivity index (χ1) is 26.8. The molecule has 0 saturated heterocycles. The van der Waals surface area contributed by atoms with E-state index in [-0.39, 0.29) is 50.7 Å². The molecule has 0 radical (unpaired) electrons. The van der Waals surface area contributed by atoms with E-state index in [9.17, 15) is 35.9 Å². The highest BCUT2D eigenvalue weighted by molar-refractivity contribution is 6.34. The van der Waals surface area contributed by atoms with Gasteiger partial charge in [-0.2, -0.15) is 36.3 Å². The number of alkyl halides is 6. The first-order valence-electron chi connectivity index (χ1n) is 15.7. The Bertz CT molecular complexity index is 2260. The van der Waals surface area contributed by atoms with Crippen molar-refractivity contribution in [3.8, 4) is 23.0 Å². The highest BCUT2D eigenvalue weighted by Crippen LogP contribution is 2.39. The van der Waals surface area contributed by atoms with Crippen LogP contribution in [0.1, 0.15) is 34.3 Å². The second-order valence-corrected chi connectivity index (χ2v) is 11.8. The number of hydrogen-bond acceptors (Lipinski definition) is 15. The number of carbonyl (C=O) groups is 2. The molecule has 0 unspecified atom stereocenters. The fraction of sp³-hybridized carbons (Fsp3) is 0.250. The topological polar surface area (TPSA) is 215 Å². The van der Waals surface area contributed by atoms with Gasteiger partial charge in [-0.05, 0) is 12.1 Å². The van der Waals surface area contributed by atoms with Crippen LogP contribution in [0.25, 0.3) is 11.5 Å². The van der Waals surface area contributed by atoms with Crippen molar-refractivity contribution in [1.82, 2.24) is 41.0 Å². The molecule has 0 fully saturated rings. The maximum absolute atomic E-state index is 13.0. The molecule has 0 spiro atoms. The molecule has 2 aromatic carbocycles. The van der Waals surface area contributed by atoms with Crippen LogP contribution in [0, 0.1) is 6.92 Å². The Labute approximate surface area is 328 Å². The summed E-state index contributed by atoms with van der Waals surface area (Å²) in [5.41, 5.74) is 3.26. The van der Waals surface area contributed by atoms with Crippen molar-refractivity contribution in [1.29, 1.82) is 0 Å². The summed E-state index contributed by atoms with van der Waals surface area (Å²) in [6.07, 6.45) is -7.90. The number of hydrazine groups is 1. The molecule has 0 aliphatic heterocycles. The Hall–Kier alpha value is -6.36. The molecule has 3 aromatic heterocycles. The van der Waals surface area contributed by atoms with Gasteiger partial charge < -0.3 is 35.2 Å². The van der Waals surface area contributed by atoms with Gasteiger partial charge in [0.1, 0.15) is 34.3 Å². The smallest absolute Gasteiger partial charge is 0.421 e. The van der Waals surface area contributed by atoms with Crippen molar-refractivity contribution in [2.45, 2.75) is 26.2 Å². The largest absolute Gasteiger partial charge is 0.496 e. The summed E-state index contributed by atoms with van der Waals surface area (Å²) in [6.45, 7) is 2.85. The number of halogens is 8. The zero-order chi connectivity index (χ0) is 42.2. The number of amides is 2. The lowest BCUT2D eigenvalue weighted by molar-refractivity contribution is -0.138. The third kappa shape index (κ3) is 10.9. The minimum absolute atomic E-state index is 0.0149. The molecule has 304 valence electrons. The summed E-state index contributed by atoms with van der Waals surface area (Å²) in [7, 11) is 5.36. The average Bonchev–Trinajstić information content (AvgIpc) is 3.60. The van der Waals surface area contributed by atoms with Gasteiger partial charge in [-0.1, -0.05) is 23.2 Å². The van der Waals surface area contributed by atoms with Gasteiger partial charge in [0.25, 0.3) is 11.8 Å². The van der Waals surface area contributed by atoms with E-state index in [1.165, 1.54) is 59.5 Å². The van der Waals surface area contributed by atoms with E-state index in [2.05, 4.69) is 62.3 Å². The van der Waals surface area contributed by atoms with Gasteiger partial charge in [-0.3, -0.25) is 20.4 Å². The molecule has 5 rings (SSSR count). The van der Waals surface area contributed by atoms with Crippen LogP contribution in [-0.2, 0) is 17.1 Å². The van der Waals surface area contributed by atoms with Gasteiger partial charge in [0.15, 0.2) is 0 Å². The number of anilines is 6. The summed E-state index contributed by atoms with van der Waals surface area (Å²) in [6, 6.07) is 5.64. The number of carbonyl (C=O) groups excluding carboxylic acids is 2. The summed E-state index contributed by atoms with van der Waals surface area (Å²) >= 11 is 12.4. The minimum atomic E-state index is -4.62. The van der Waals surface area contributed by atoms with E-state index in [4.69, 9.17) is 37.1 Å². The average molecular weight is 848 g/mol. The fourth-order valence-electron chi connectivity index (χ4n) is 4.52. The fourth-order valence-corrected chi connectivity index (χ4v) is 4.94. The minimum Gasteiger partial charge on any atom is -0.496 e. The van der Waals surface area contributed by atoms with Crippen molar-refractivity contribution in [2.24, 2.45) is 0 Å². The molecule has 25 heteroatoms. The number of aryl methyl sites for hydroxylation is 1. The predicted molar refractivity (Wildman–Crippen MR) is 195 cm³/mol. The second kappa shape index (κ2) is 18.1. The van der Waals surface area contributed by atoms with Gasteiger partial charge in [0, 0.05) is 52.5 Å². The quantitative estimate of drug-likeness (QED) is 0.0615. The SMILES string of the molecule is CNc1nc(Nc2cc(OC)c(-c3nnc(C)o3)cc2Cl)ncc1C(F)(F)F.CNc1nc(Nc2cc(OC)c(C(=O)NNC(C)=O)cc2Cl)ncc1C(F)(F)F. The van der Waals surface area contributed by atoms with Crippen molar-refractivity contribution in [3.63, 3.8) is 0 Å². The van der Waals surface area contributed by atoms with E-state index in [0.29, 0.717) is 35.3 Å². The molecule has 0 aliphatic carbocycles. The van der Waals surface area contributed by atoms with Crippen molar-refractivity contribution < 1.29 is 49.8 Å². The van der Waals surface area contributed by atoms with Crippen molar-refractivity contribution in [2.75, 3.05) is 49.6 Å². The Morgan fingerprint density at radius 2 is 1.23 bits per heavy atom. The van der Waals surface area contributed by atoms with E-state index < -0.39 is 41.1 Å². The summed E-state index contributed by atoms with van der Waals surface area (Å²) < 4.78 is 93.6. The first-order valence-corrected chi connectivity index (χ1v) is 16.5. The lowest BCUT2D eigenvalue weighted by atomic mass is 10.1. The third-order valence-electron chi connectivity index (χ3n) is 7.09. The van der Waals surface area contributed by atoms with Crippen LogP contribution in [-0.4, -0.2) is 70.3 Å². The maximum atomic E-state index is 13.0. The normalized spacial score (nSPS) is 11.1. The summed E-state index contributed by atoms with van der Waals surface area (Å²) in [5.74, 6) is -1.19. The number of ether oxygens (including phenoxy) is 2. The number of nitrogens with one attached hydrogen (secondary N) is 6. The van der Waals surface area contributed by atoms with Gasteiger partial charge >= 0.3 is 12.4 Å². The monoisotopic (exact) mass is 846 g/mol. The molecular formula is C32H30Cl2F6N12O5. The Balaban J connectivity index is 0.000000253. The zero-order valence-electron chi connectivity index (χ0n) is 30.2. The van der Waals surface area contributed by atoms with Crippen LogP contribution < -0.4 is 41.6 Å². The molecule has 57 heavy (non-hydrogen) atoms. The lowest BCUT2D eigenvalue weighted by Gasteiger charge is -2.15. The molecule has 0 bridgehead atoms. The van der Waals surface area contributed by atoms with Gasteiger partial charge in [0.05, 0.1) is 46.8 Å². The van der Waals surface area contributed by atoms with Crippen LogP contribution in [0.15, 0.2) is 41.1 Å². The number of aromatic nitrogens is 6. The molecule has 0 saturated carbocycles. The number of hydrogen-bond donors (Lipinski definition) is 6. The second-order valence-electron chi connectivity index (χ2n) is 11.0. The number of nitrogens with zero attached hydrogens (tertiary/aromatic N) is 6. The van der Waals surface area contributed by atoms with Crippen LogP contribution in [0.4, 0.5) is 61.2 Å². The van der Waals surface area contributed by atoms with Gasteiger partial charge in [-0.25, -0.2) is 9.97 Å².